The Labute approximate surface area is 124 Å². The maximum atomic E-state index is 11.1. The summed E-state index contributed by atoms with van der Waals surface area (Å²) in [4.78, 5) is 17.2. The first-order chi connectivity index (χ1) is 10.1. The van der Waals surface area contributed by atoms with E-state index in [0.717, 1.165) is 18.4 Å². The number of hydrogen-bond acceptors (Lipinski definition) is 4. The number of methoxy groups -OCH3 is 1. The zero-order valence-electron chi connectivity index (χ0n) is 12.5. The molecule has 1 atom stereocenters. The van der Waals surface area contributed by atoms with Crippen LogP contribution in [0.4, 0.5) is 5.69 Å². The number of likely N-dealkylation sites (tertiary alicyclic amines) is 1. The minimum Gasteiger partial charge on any atom is -0.504 e. The number of hydrogen-bond donors (Lipinski definition) is 1. The van der Waals surface area contributed by atoms with Gasteiger partial charge >= 0.3 is 0 Å². The summed E-state index contributed by atoms with van der Waals surface area (Å²) in [6.45, 7) is 4.53. The molecular formula is C16H20N2O3. The predicted octanol–water partition coefficient (Wildman–Crippen LogP) is 2.59. The molecule has 1 aliphatic heterocycles. The summed E-state index contributed by atoms with van der Waals surface area (Å²) in [6, 6.07) is 3.28. The Morgan fingerprint density at radius 2 is 2.24 bits per heavy atom. The van der Waals surface area contributed by atoms with Crippen molar-refractivity contribution in [1.29, 1.82) is 0 Å². The fourth-order valence-corrected chi connectivity index (χ4v) is 2.39. The summed E-state index contributed by atoms with van der Waals surface area (Å²) in [6.07, 6.45) is 5.46. The zero-order chi connectivity index (χ0) is 15.4. The highest BCUT2D eigenvalue weighted by Crippen LogP contribution is 2.33. The summed E-state index contributed by atoms with van der Waals surface area (Å²) in [7, 11) is 1.51. The van der Waals surface area contributed by atoms with Gasteiger partial charge in [-0.1, -0.05) is 11.6 Å². The van der Waals surface area contributed by atoms with E-state index in [9.17, 15) is 9.90 Å². The predicted molar refractivity (Wildman–Crippen MR) is 82.5 cm³/mol. The Morgan fingerprint density at radius 1 is 1.48 bits per heavy atom. The Morgan fingerprint density at radius 3 is 2.86 bits per heavy atom. The van der Waals surface area contributed by atoms with Crippen LogP contribution in [-0.2, 0) is 4.79 Å². The topological polar surface area (TPSA) is 62.1 Å². The largest absolute Gasteiger partial charge is 0.504 e. The summed E-state index contributed by atoms with van der Waals surface area (Å²) in [5, 5.41) is 9.81. The molecule has 1 fully saturated rings. The van der Waals surface area contributed by atoms with Crippen LogP contribution >= 0.6 is 0 Å². The van der Waals surface area contributed by atoms with Gasteiger partial charge in [-0.05, 0) is 31.9 Å². The van der Waals surface area contributed by atoms with Gasteiger partial charge in [0.1, 0.15) is 0 Å². The van der Waals surface area contributed by atoms with Crippen molar-refractivity contribution in [3.63, 3.8) is 0 Å². The second-order valence-corrected chi connectivity index (χ2v) is 5.08. The molecule has 0 saturated carbocycles. The highest BCUT2D eigenvalue weighted by atomic mass is 16.5. The molecule has 0 aliphatic carbocycles. The smallest absolute Gasteiger partial charge is 0.210 e. The minimum absolute atomic E-state index is 0.0302. The first-order valence-corrected chi connectivity index (χ1v) is 6.86. The van der Waals surface area contributed by atoms with E-state index < -0.39 is 0 Å². The molecule has 1 aromatic carbocycles. The van der Waals surface area contributed by atoms with E-state index in [1.165, 1.54) is 12.7 Å². The van der Waals surface area contributed by atoms with E-state index in [0.29, 0.717) is 18.0 Å². The third kappa shape index (κ3) is 3.24. The van der Waals surface area contributed by atoms with Gasteiger partial charge in [0.15, 0.2) is 11.5 Å². The van der Waals surface area contributed by atoms with E-state index in [2.05, 4.69) is 4.99 Å². The number of carbonyl (C=O) groups excluding carboxylic acids is 1. The van der Waals surface area contributed by atoms with E-state index in [1.54, 1.807) is 23.2 Å². The van der Waals surface area contributed by atoms with Crippen molar-refractivity contribution in [2.24, 2.45) is 4.99 Å². The van der Waals surface area contributed by atoms with E-state index in [4.69, 9.17) is 4.74 Å². The molecule has 1 unspecified atom stereocenters. The van der Waals surface area contributed by atoms with Gasteiger partial charge in [-0.25, -0.2) is 0 Å². The molecule has 2 rings (SSSR count). The third-order valence-electron chi connectivity index (χ3n) is 3.71. The van der Waals surface area contributed by atoms with Crippen molar-refractivity contribution < 1.29 is 14.6 Å². The van der Waals surface area contributed by atoms with E-state index in [1.807, 2.05) is 19.9 Å². The van der Waals surface area contributed by atoms with Gasteiger partial charge in [0, 0.05) is 18.8 Å². The minimum atomic E-state index is -0.0302. The number of rotatable bonds is 4. The molecule has 5 nitrogen and oxygen atoms in total. The molecule has 112 valence electrons. The SMILES string of the molecule is C/C=C1\CC(C=Nc2cc(O)c(OC)cc2C)N(C=O)C1. The van der Waals surface area contributed by atoms with Crippen LogP contribution in [0.1, 0.15) is 18.9 Å². The second-order valence-electron chi connectivity index (χ2n) is 5.08. The van der Waals surface area contributed by atoms with Crippen molar-refractivity contribution in [2.75, 3.05) is 13.7 Å². The summed E-state index contributed by atoms with van der Waals surface area (Å²) >= 11 is 0. The van der Waals surface area contributed by atoms with Crippen LogP contribution in [-0.4, -0.2) is 42.3 Å². The van der Waals surface area contributed by atoms with Crippen molar-refractivity contribution in [1.82, 2.24) is 4.90 Å². The van der Waals surface area contributed by atoms with Crippen LogP contribution < -0.4 is 4.74 Å². The van der Waals surface area contributed by atoms with Gasteiger partial charge in [0.2, 0.25) is 6.41 Å². The van der Waals surface area contributed by atoms with Gasteiger partial charge in [-0.2, -0.15) is 0 Å². The molecule has 1 amide bonds. The number of benzene rings is 1. The number of phenols is 1. The highest BCUT2D eigenvalue weighted by molar-refractivity contribution is 5.75. The van der Waals surface area contributed by atoms with Gasteiger partial charge in [-0.15, -0.1) is 0 Å². The number of amides is 1. The molecule has 1 N–H and O–H groups in total. The van der Waals surface area contributed by atoms with Crippen molar-refractivity contribution >= 4 is 18.3 Å². The fraction of sp³-hybridized carbons (Fsp3) is 0.375. The van der Waals surface area contributed by atoms with Crippen LogP contribution in [0.2, 0.25) is 0 Å². The van der Waals surface area contributed by atoms with Crippen LogP contribution in [0.25, 0.3) is 0 Å². The normalized spacial score (nSPS) is 20.4. The Kier molecular flexibility index (Phi) is 4.62. The van der Waals surface area contributed by atoms with Crippen LogP contribution in [0.5, 0.6) is 11.5 Å². The lowest BCUT2D eigenvalue weighted by Crippen LogP contribution is -2.28. The summed E-state index contributed by atoms with van der Waals surface area (Å²) in [5.74, 6) is 0.487. The molecule has 1 saturated heterocycles. The summed E-state index contributed by atoms with van der Waals surface area (Å²) < 4.78 is 5.06. The number of phenolic OH excluding ortho intramolecular Hbond substituents is 1. The number of aromatic hydroxyl groups is 1. The first kappa shape index (κ1) is 15.1. The fourth-order valence-electron chi connectivity index (χ4n) is 2.39. The average Bonchev–Trinajstić information content (AvgIpc) is 2.90. The Hall–Kier alpha value is -2.30. The maximum absolute atomic E-state index is 11.1. The molecule has 1 heterocycles. The number of ether oxygens (including phenoxy) is 1. The maximum Gasteiger partial charge on any atom is 0.210 e. The standard InChI is InChI=1S/C16H20N2O3/c1-4-12-6-13(18(9-12)10-19)8-17-14-7-15(20)16(21-3)5-11(14)2/h4-5,7-8,10,13,20H,6,9H2,1-3H3/b12-4+,17-8?. The Balaban J connectivity index is 2.21. The zero-order valence-corrected chi connectivity index (χ0v) is 12.5. The van der Waals surface area contributed by atoms with Crippen LogP contribution in [0.15, 0.2) is 28.8 Å². The van der Waals surface area contributed by atoms with Gasteiger partial charge in [-0.3, -0.25) is 9.79 Å². The van der Waals surface area contributed by atoms with Crippen LogP contribution in [0, 0.1) is 6.92 Å². The number of carbonyl (C=O) groups is 1. The number of aryl methyl sites for hydroxylation is 1. The monoisotopic (exact) mass is 288 g/mol. The molecule has 0 bridgehead atoms. The average molecular weight is 288 g/mol. The lowest BCUT2D eigenvalue weighted by Gasteiger charge is -2.14. The summed E-state index contributed by atoms with van der Waals surface area (Å²) in [5.41, 5.74) is 2.81. The molecule has 5 heteroatoms. The second kappa shape index (κ2) is 6.43. The number of nitrogens with zero attached hydrogens (tertiary/aromatic N) is 2. The molecule has 1 aliphatic rings. The van der Waals surface area contributed by atoms with E-state index >= 15 is 0 Å². The molecule has 0 aromatic heterocycles. The molecule has 1 aromatic rings. The van der Waals surface area contributed by atoms with Crippen molar-refractivity contribution in [3.8, 4) is 11.5 Å². The number of aliphatic imine (C=N–C) groups is 1. The highest BCUT2D eigenvalue weighted by Gasteiger charge is 2.24. The lowest BCUT2D eigenvalue weighted by molar-refractivity contribution is -0.117. The van der Waals surface area contributed by atoms with Gasteiger partial charge < -0.3 is 14.7 Å². The molecule has 21 heavy (non-hydrogen) atoms. The van der Waals surface area contributed by atoms with Gasteiger partial charge in [0.05, 0.1) is 18.8 Å². The van der Waals surface area contributed by atoms with Crippen molar-refractivity contribution in [2.45, 2.75) is 26.3 Å². The number of allylic oxidation sites excluding steroid dienone is 1. The molecule has 0 radical (unpaired) electrons. The Bertz CT molecular complexity index is 593. The molecular weight excluding hydrogens is 268 g/mol. The lowest BCUT2D eigenvalue weighted by atomic mass is 10.1. The van der Waals surface area contributed by atoms with Crippen molar-refractivity contribution in [3.05, 3.63) is 29.3 Å². The van der Waals surface area contributed by atoms with Gasteiger partial charge in [0.25, 0.3) is 0 Å². The molecule has 0 spiro atoms. The quantitative estimate of drug-likeness (QED) is 0.526. The van der Waals surface area contributed by atoms with Crippen LogP contribution in [0.3, 0.4) is 0 Å². The third-order valence-corrected chi connectivity index (χ3v) is 3.71. The van der Waals surface area contributed by atoms with E-state index in [-0.39, 0.29) is 11.8 Å². The first-order valence-electron chi connectivity index (χ1n) is 6.86.